The maximum absolute atomic E-state index is 13.2. The third-order valence-electron chi connectivity index (χ3n) is 1.97. The van der Waals surface area contributed by atoms with Gasteiger partial charge in [0.2, 0.25) is 0 Å². The highest BCUT2D eigenvalue weighted by Gasteiger charge is 2.04. The Morgan fingerprint density at radius 2 is 2.14 bits per heavy atom. The van der Waals surface area contributed by atoms with Gasteiger partial charge in [-0.1, -0.05) is 6.08 Å². The van der Waals surface area contributed by atoms with Crippen LogP contribution in [-0.2, 0) is 0 Å². The predicted molar refractivity (Wildman–Crippen MR) is 53.7 cm³/mol. The van der Waals surface area contributed by atoms with Gasteiger partial charge in [-0.25, -0.2) is 8.78 Å². The monoisotopic (exact) mass is 197 g/mol. The van der Waals surface area contributed by atoms with Gasteiger partial charge in [0.25, 0.3) is 0 Å². The Hall–Kier alpha value is -1.22. The summed E-state index contributed by atoms with van der Waals surface area (Å²) in [5.74, 6) is -1.09. The van der Waals surface area contributed by atoms with Crippen molar-refractivity contribution in [3.63, 3.8) is 0 Å². The van der Waals surface area contributed by atoms with Crippen molar-refractivity contribution in [3.8, 4) is 0 Å². The molecule has 0 aromatic heterocycles. The van der Waals surface area contributed by atoms with E-state index in [1.807, 2.05) is 6.08 Å². The fourth-order valence-corrected chi connectivity index (χ4v) is 1.22. The zero-order valence-electron chi connectivity index (χ0n) is 8.06. The summed E-state index contributed by atoms with van der Waals surface area (Å²) in [4.78, 5) is 0. The van der Waals surface area contributed by atoms with E-state index < -0.39 is 11.6 Å². The maximum atomic E-state index is 13.2. The number of rotatable bonds is 3. The number of allylic oxidation sites excluding steroid dienone is 1. The third-order valence-corrected chi connectivity index (χ3v) is 1.97. The van der Waals surface area contributed by atoms with Crippen molar-refractivity contribution >= 4 is 5.57 Å². The molecule has 0 aliphatic carbocycles. The van der Waals surface area contributed by atoms with E-state index >= 15 is 0 Å². The van der Waals surface area contributed by atoms with E-state index in [0.29, 0.717) is 18.5 Å². The van der Waals surface area contributed by atoms with Crippen LogP contribution in [0.25, 0.3) is 5.57 Å². The van der Waals surface area contributed by atoms with Crippen molar-refractivity contribution in [2.24, 2.45) is 5.73 Å². The molecule has 0 saturated heterocycles. The molecule has 1 aromatic carbocycles. The first-order valence-electron chi connectivity index (χ1n) is 4.47. The molecule has 0 saturated carbocycles. The summed E-state index contributed by atoms with van der Waals surface area (Å²) >= 11 is 0. The Kier molecular flexibility index (Phi) is 3.77. The first kappa shape index (κ1) is 10.9. The standard InChI is InChI=1S/C11H13F2N/c1-8(3-2-6-14)10-5-4-9(12)7-11(10)13/h3-5,7H,2,6,14H2,1H3/b8-3-. The van der Waals surface area contributed by atoms with Crippen LogP contribution in [0.2, 0.25) is 0 Å². The van der Waals surface area contributed by atoms with E-state index in [2.05, 4.69) is 0 Å². The minimum absolute atomic E-state index is 0.430. The highest BCUT2D eigenvalue weighted by Crippen LogP contribution is 2.18. The Balaban J connectivity index is 2.95. The summed E-state index contributed by atoms with van der Waals surface area (Å²) in [7, 11) is 0. The van der Waals surface area contributed by atoms with Crippen LogP contribution in [0.15, 0.2) is 24.3 Å². The lowest BCUT2D eigenvalue weighted by Crippen LogP contribution is -1.96. The van der Waals surface area contributed by atoms with Crippen LogP contribution < -0.4 is 5.73 Å². The highest BCUT2D eigenvalue weighted by atomic mass is 19.1. The normalized spacial score (nSPS) is 11.9. The van der Waals surface area contributed by atoms with Crippen LogP contribution >= 0.6 is 0 Å². The van der Waals surface area contributed by atoms with Crippen molar-refractivity contribution in [1.29, 1.82) is 0 Å². The van der Waals surface area contributed by atoms with E-state index in [4.69, 9.17) is 5.73 Å². The first-order valence-corrected chi connectivity index (χ1v) is 4.47. The fourth-order valence-electron chi connectivity index (χ4n) is 1.22. The van der Waals surface area contributed by atoms with Gasteiger partial charge in [-0.15, -0.1) is 0 Å². The summed E-state index contributed by atoms with van der Waals surface area (Å²) in [6.45, 7) is 2.31. The molecule has 0 atom stereocenters. The SMILES string of the molecule is C/C(=C/CCN)c1ccc(F)cc1F. The van der Waals surface area contributed by atoms with Crippen LogP contribution in [0.1, 0.15) is 18.9 Å². The average Bonchev–Trinajstić information content (AvgIpc) is 2.14. The van der Waals surface area contributed by atoms with Crippen LogP contribution in [0.5, 0.6) is 0 Å². The minimum atomic E-state index is -0.558. The van der Waals surface area contributed by atoms with E-state index in [1.165, 1.54) is 12.1 Å². The van der Waals surface area contributed by atoms with E-state index in [-0.39, 0.29) is 0 Å². The van der Waals surface area contributed by atoms with Gasteiger partial charge in [0.05, 0.1) is 0 Å². The number of hydrogen-bond donors (Lipinski definition) is 1. The van der Waals surface area contributed by atoms with Gasteiger partial charge in [-0.2, -0.15) is 0 Å². The van der Waals surface area contributed by atoms with E-state index in [9.17, 15) is 8.78 Å². The summed E-state index contributed by atoms with van der Waals surface area (Å²) in [5, 5.41) is 0. The molecule has 14 heavy (non-hydrogen) atoms. The molecule has 0 aliphatic rings. The number of benzene rings is 1. The van der Waals surface area contributed by atoms with Crippen LogP contribution in [0, 0.1) is 11.6 Å². The zero-order chi connectivity index (χ0) is 10.6. The van der Waals surface area contributed by atoms with Gasteiger partial charge in [-0.3, -0.25) is 0 Å². The number of halogens is 2. The molecule has 1 rings (SSSR count). The third kappa shape index (κ3) is 2.64. The average molecular weight is 197 g/mol. The molecule has 0 aliphatic heterocycles. The molecule has 0 fully saturated rings. The molecule has 76 valence electrons. The second-order valence-electron chi connectivity index (χ2n) is 3.09. The van der Waals surface area contributed by atoms with Crippen molar-refractivity contribution in [1.82, 2.24) is 0 Å². The molecular weight excluding hydrogens is 184 g/mol. The van der Waals surface area contributed by atoms with Gasteiger partial charge >= 0.3 is 0 Å². The second kappa shape index (κ2) is 4.86. The van der Waals surface area contributed by atoms with Crippen LogP contribution in [-0.4, -0.2) is 6.54 Å². The molecule has 3 heteroatoms. The summed E-state index contributed by atoms with van der Waals surface area (Å²) in [6, 6.07) is 3.57. The van der Waals surface area contributed by atoms with Crippen molar-refractivity contribution in [2.75, 3.05) is 6.54 Å². The second-order valence-corrected chi connectivity index (χ2v) is 3.09. The van der Waals surface area contributed by atoms with Gasteiger partial charge in [0.15, 0.2) is 0 Å². The molecule has 0 unspecified atom stereocenters. The molecule has 0 bridgehead atoms. The first-order chi connectivity index (χ1) is 6.65. The van der Waals surface area contributed by atoms with Gasteiger partial charge in [0, 0.05) is 11.6 Å². The largest absolute Gasteiger partial charge is 0.330 e. The van der Waals surface area contributed by atoms with Gasteiger partial charge < -0.3 is 5.73 Å². The van der Waals surface area contributed by atoms with Crippen LogP contribution in [0.3, 0.4) is 0 Å². The maximum Gasteiger partial charge on any atom is 0.133 e. The quantitative estimate of drug-likeness (QED) is 0.792. The van der Waals surface area contributed by atoms with Crippen molar-refractivity contribution in [3.05, 3.63) is 41.5 Å². The van der Waals surface area contributed by atoms with Crippen molar-refractivity contribution < 1.29 is 8.78 Å². The van der Waals surface area contributed by atoms with Crippen molar-refractivity contribution in [2.45, 2.75) is 13.3 Å². The molecule has 0 radical (unpaired) electrons. The predicted octanol–water partition coefficient (Wildman–Crippen LogP) is 2.72. The number of hydrogen-bond acceptors (Lipinski definition) is 1. The summed E-state index contributed by atoms with van der Waals surface area (Å²) in [5.41, 5.74) is 6.53. The smallest absolute Gasteiger partial charge is 0.133 e. The Morgan fingerprint density at radius 3 is 2.71 bits per heavy atom. The van der Waals surface area contributed by atoms with E-state index in [0.717, 1.165) is 11.6 Å². The minimum Gasteiger partial charge on any atom is -0.330 e. The Morgan fingerprint density at radius 1 is 1.43 bits per heavy atom. The Labute approximate surface area is 82.2 Å². The molecule has 1 nitrogen and oxygen atoms in total. The lowest BCUT2D eigenvalue weighted by Gasteiger charge is -2.03. The molecule has 2 N–H and O–H groups in total. The fraction of sp³-hybridized carbons (Fsp3) is 0.273. The molecule has 0 heterocycles. The van der Waals surface area contributed by atoms with Crippen LogP contribution in [0.4, 0.5) is 8.78 Å². The molecule has 0 amide bonds. The summed E-state index contributed by atoms with van der Waals surface area (Å²) < 4.78 is 25.8. The molecule has 1 aromatic rings. The Bertz CT molecular complexity index is 345. The summed E-state index contributed by atoms with van der Waals surface area (Å²) in [6.07, 6.45) is 2.54. The topological polar surface area (TPSA) is 26.0 Å². The number of nitrogens with two attached hydrogens (primary N) is 1. The van der Waals surface area contributed by atoms with E-state index in [1.54, 1.807) is 6.92 Å². The molecular formula is C11H13F2N. The molecule has 0 spiro atoms. The zero-order valence-corrected chi connectivity index (χ0v) is 8.06. The lowest BCUT2D eigenvalue weighted by atomic mass is 10.1. The van der Waals surface area contributed by atoms with Gasteiger partial charge in [-0.05, 0) is 37.6 Å². The van der Waals surface area contributed by atoms with Gasteiger partial charge in [0.1, 0.15) is 11.6 Å². The lowest BCUT2D eigenvalue weighted by molar-refractivity contribution is 0.581. The highest BCUT2D eigenvalue weighted by molar-refractivity contribution is 5.64.